The van der Waals surface area contributed by atoms with Crippen LogP contribution in [0.4, 0.5) is 0 Å². The van der Waals surface area contributed by atoms with Crippen LogP contribution in [-0.2, 0) is 9.84 Å². The SMILES string of the molecule is CN(C(=O)c1ccncc1)[C@@H]1CCS(=O)(=O)C1. The fourth-order valence-corrected chi connectivity index (χ4v) is 3.72. The summed E-state index contributed by atoms with van der Waals surface area (Å²) in [6, 6.07) is 3.05. The van der Waals surface area contributed by atoms with E-state index < -0.39 is 9.84 Å². The van der Waals surface area contributed by atoms with Gasteiger partial charge in [-0.1, -0.05) is 0 Å². The van der Waals surface area contributed by atoms with Gasteiger partial charge in [-0.2, -0.15) is 0 Å². The molecule has 1 aromatic rings. The van der Waals surface area contributed by atoms with Crippen molar-refractivity contribution < 1.29 is 13.2 Å². The van der Waals surface area contributed by atoms with Crippen LogP contribution in [-0.4, -0.2) is 48.8 Å². The maximum atomic E-state index is 12.0. The molecule has 0 saturated carbocycles. The van der Waals surface area contributed by atoms with Crippen LogP contribution in [0.1, 0.15) is 16.8 Å². The quantitative estimate of drug-likeness (QED) is 0.763. The molecular weight excluding hydrogens is 240 g/mol. The molecule has 2 heterocycles. The average Bonchev–Trinajstić information content (AvgIpc) is 2.69. The smallest absolute Gasteiger partial charge is 0.253 e. The molecule has 92 valence electrons. The van der Waals surface area contributed by atoms with Gasteiger partial charge in [0, 0.05) is 31.0 Å². The molecule has 2 rings (SSSR count). The molecule has 0 N–H and O–H groups in total. The Hall–Kier alpha value is -1.43. The number of carbonyl (C=O) groups excluding carboxylic acids is 1. The van der Waals surface area contributed by atoms with Crippen molar-refractivity contribution in [3.63, 3.8) is 0 Å². The van der Waals surface area contributed by atoms with Gasteiger partial charge in [0.2, 0.25) is 0 Å². The van der Waals surface area contributed by atoms with Crippen molar-refractivity contribution in [2.24, 2.45) is 0 Å². The number of pyridine rings is 1. The average molecular weight is 254 g/mol. The topological polar surface area (TPSA) is 67.3 Å². The third-order valence-electron chi connectivity index (χ3n) is 3.00. The molecule has 1 amide bonds. The number of carbonyl (C=O) groups is 1. The number of aromatic nitrogens is 1. The maximum absolute atomic E-state index is 12.0. The van der Waals surface area contributed by atoms with Gasteiger partial charge in [0.15, 0.2) is 9.84 Å². The predicted molar refractivity (Wildman–Crippen MR) is 63.4 cm³/mol. The van der Waals surface area contributed by atoms with Gasteiger partial charge >= 0.3 is 0 Å². The molecule has 17 heavy (non-hydrogen) atoms. The van der Waals surface area contributed by atoms with Gasteiger partial charge < -0.3 is 4.90 Å². The van der Waals surface area contributed by atoms with Crippen molar-refractivity contribution in [1.29, 1.82) is 0 Å². The first-order chi connectivity index (χ1) is 7.99. The zero-order valence-corrected chi connectivity index (χ0v) is 10.4. The minimum absolute atomic E-state index is 0.0698. The van der Waals surface area contributed by atoms with E-state index in [0.717, 1.165) is 0 Å². The molecule has 1 aromatic heterocycles. The lowest BCUT2D eigenvalue weighted by Crippen LogP contribution is -2.37. The summed E-state index contributed by atoms with van der Waals surface area (Å²) >= 11 is 0. The summed E-state index contributed by atoms with van der Waals surface area (Å²) in [6.45, 7) is 0. The van der Waals surface area contributed by atoms with Gasteiger partial charge in [-0.25, -0.2) is 8.42 Å². The monoisotopic (exact) mass is 254 g/mol. The van der Waals surface area contributed by atoms with Crippen LogP contribution >= 0.6 is 0 Å². The summed E-state index contributed by atoms with van der Waals surface area (Å²) in [4.78, 5) is 17.4. The Labute approximate surface area is 100 Å². The Kier molecular flexibility index (Phi) is 3.15. The van der Waals surface area contributed by atoms with Crippen LogP contribution in [0.25, 0.3) is 0 Å². The Morgan fingerprint density at radius 1 is 1.41 bits per heavy atom. The normalized spacial score (nSPS) is 22.3. The van der Waals surface area contributed by atoms with E-state index in [9.17, 15) is 13.2 Å². The summed E-state index contributed by atoms with van der Waals surface area (Å²) < 4.78 is 22.7. The molecule has 0 radical (unpaired) electrons. The Morgan fingerprint density at radius 3 is 2.59 bits per heavy atom. The number of hydrogen-bond acceptors (Lipinski definition) is 4. The Morgan fingerprint density at radius 2 is 2.06 bits per heavy atom. The van der Waals surface area contributed by atoms with E-state index >= 15 is 0 Å². The van der Waals surface area contributed by atoms with Crippen LogP contribution in [0.15, 0.2) is 24.5 Å². The molecule has 0 bridgehead atoms. The van der Waals surface area contributed by atoms with Crippen molar-refractivity contribution in [3.8, 4) is 0 Å². The minimum Gasteiger partial charge on any atom is -0.338 e. The van der Waals surface area contributed by atoms with Gasteiger partial charge in [-0.05, 0) is 18.6 Å². The molecule has 6 heteroatoms. The number of rotatable bonds is 2. The summed E-state index contributed by atoms with van der Waals surface area (Å²) in [7, 11) is -1.32. The largest absolute Gasteiger partial charge is 0.338 e. The summed E-state index contributed by atoms with van der Waals surface area (Å²) in [5, 5.41) is 0. The van der Waals surface area contributed by atoms with Crippen molar-refractivity contribution >= 4 is 15.7 Å². The highest BCUT2D eigenvalue weighted by Crippen LogP contribution is 2.18. The summed E-state index contributed by atoms with van der Waals surface area (Å²) in [5.41, 5.74) is 0.534. The maximum Gasteiger partial charge on any atom is 0.253 e. The molecule has 0 unspecified atom stereocenters. The fourth-order valence-electron chi connectivity index (χ4n) is 1.94. The summed E-state index contributed by atoms with van der Waals surface area (Å²) in [5.74, 6) is 0.0841. The van der Waals surface area contributed by atoms with E-state index in [0.29, 0.717) is 12.0 Å². The van der Waals surface area contributed by atoms with Crippen LogP contribution in [0.5, 0.6) is 0 Å². The minimum atomic E-state index is -2.96. The molecule has 1 atom stereocenters. The van der Waals surface area contributed by atoms with Gasteiger partial charge in [-0.3, -0.25) is 9.78 Å². The second-order valence-corrected chi connectivity index (χ2v) is 6.44. The second-order valence-electron chi connectivity index (χ2n) is 4.21. The lowest BCUT2D eigenvalue weighted by Gasteiger charge is -2.23. The Balaban J connectivity index is 2.11. The molecule has 0 aliphatic carbocycles. The number of nitrogens with zero attached hydrogens (tertiary/aromatic N) is 2. The van der Waals surface area contributed by atoms with Gasteiger partial charge in [0.05, 0.1) is 11.5 Å². The number of hydrogen-bond donors (Lipinski definition) is 0. The fraction of sp³-hybridized carbons (Fsp3) is 0.455. The van der Waals surface area contributed by atoms with Gasteiger partial charge in [-0.15, -0.1) is 0 Å². The predicted octanol–water partition coefficient (Wildman–Crippen LogP) is 0.341. The van der Waals surface area contributed by atoms with Crippen LogP contribution in [0.3, 0.4) is 0 Å². The van der Waals surface area contributed by atoms with Crippen LogP contribution in [0, 0.1) is 0 Å². The third kappa shape index (κ3) is 2.63. The van der Waals surface area contributed by atoms with E-state index in [-0.39, 0.29) is 23.5 Å². The number of sulfone groups is 1. The summed E-state index contributed by atoms with van der Waals surface area (Å²) in [6.07, 6.45) is 3.62. The highest BCUT2D eigenvalue weighted by molar-refractivity contribution is 7.91. The highest BCUT2D eigenvalue weighted by atomic mass is 32.2. The molecule has 5 nitrogen and oxygen atoms in total. The zero-order chi connectivity index (χ0) is 12.5. The molecule has 0 spiro atoms. The van der Waals surface area contributed by atoms with E-state index in [1.165, 1.54) is 4.90 Å². The molecule has 1 fully saturated rings. The van der Waals surface area contributed by atoms with E-state index in [4.69, 9.17) is 0 Å². The second kappa shape index (κ2) is 4.44. The molecule has 0 aromatic carbocycles. The van der Waals surface area contributed by atoms with Crippen molar-refractivity contribution in [2.45, 2.75) is 12.5 Å². The van der Waals surface area contributed by atoms with Crippen LogP contribution in [0.2, 0.25) is 0 Å². The highest BCUT2D eigenvalue weighted by Gasteiger charge is 2.32. The Bertz CT molecular complexity index is 513. The van der Waals surface area contributed by atoms with Gasteiger partial charge in [0.25, 0.3) is 5.91 Å². The van der Waals surface area contributed by atoms with Gasteiger partial charge in [0.1, 0.15) is 0 Å². The molecule has 1 saturated heterocycles. The van der Waals surface area contributed by atoms with Crippen LogP contribution < -0.4 is 0 Å². The lowest BCUT2D eigenvalue weighted by molar-refractivity contribution is 0.0747. The standard InChI is InChI=1S/C11H14N2O3S/c1-13(10-4-7-17(15,16)8-10)11(14)9-2-5-12-6-3-9/h2-3,5-6,10H,4,7-8H2,1H3/t10-/m1/s1. The zero-order valence-electron chi connectivity index (χ0n) is 9.54. The van der Waals surface area contributed by atoms with E-state index in [1.807, 2.05) is 0 Å². The molecule has 1 aliphatic heterocycles. The van der Waals surface area contributed by atoms with Crippen molar-refractivity contribution in [2.75, 3.05) is 18.6 Å². The lowest BCUT2D eigenvalue weighted by atomic mass is 10.2. The first-order valence-corrected chi connectivity index (χ1v) is 7.19. The first-order valence-electron chi connectivity index (χ1n) is 5.37. The van der Waals surface area contributed by atoms with Crippen molar-refractivity contribution in [3.05, 3.63) is 30.1 Å². The first kappa shape index (κ1) is 12.0. The third-order valence-corrected chi connectivity index (χ3v) is 4.75. The van der Waals surface area contributed by atoms with E-state index in [2.05, 4.69) is 4.98 Å². The van der Waals surface area contributed by atoms with Crippen molar-refractivity contribution in [1.82, 2.24) is 9.88 Å². The molecule has 1 aliphatic rings. The molecular formula is C11H14N2O3S. The van der Waals surface area contributed by atoms with E-state index in [1.54, 1.807) is 31.6 Å². The number of amides is 1.